The minimum absolute atomic E-state index is 0.324. The molecule has 1 rings (SSSR count). The van der Waals surface area contributed by atoms with E-state index in [1.807, 2.05) is 0 Å². The van der Waals surface area contributed by atoms with Crippen molar-refractivity contribution in [2.75, 3.05) is 0 Å². The number of allylic oxidation sites excluding steroid dienone is 6. The Bertz CT molecular complexity index is 312. The molecule has 0 nitrogen and oxygen atoms in total. The normalized spacial score (nSPS) is 22.7. The quantitative estimate of drug-likeness (QED) is 0.263. The van der Waals surface area contributed by atoms with E-state index in [9.17, 15) is 0 Å². The highest BCUT2D eigenvalue weighted by Gasteiger charge is 2.28. The Balaban J connectivity index is 2.26. The molecule has 0 aromatic rings. The minimum atomic E-state index is -0.324. The molecule has 0 aromatic heterocycles. The smallest absolute Gasteiger partial charge is 0.0585 e. The first kappa shape index (κ1) is 16.5. The highest BCUT2D eigenvalue weighted by atomic mass is 28.3. The molecule has 0 heterocycles. The molecule has 1 aliphatic carbocycles. The van der Waals surface area contributed by atoms with Gasteiger partial charge in [0.25, 0.3) is 0 Å². The van der Waals surface area contributed by atoms with Crippen LogP contribution < -0.4 is 0 Å². The molecular formula is C18H31Si. The van der Waals surface area contributed by atoms with Crippen molar-refractivity contribution in [2.45, 2.75) is 76.4 Å². The molecule has 1 radical (unpaired) electrons. The van der Waals surface area contributed by atoms with Crippen LogP contribution in [0.1, 0.15) is 58.3 Å². The van der Waals surface area contributed by atoms with Crippen LogP contribution >= 0.6 is 0 Å². The molecule has 0 saturated heterocycles. The summed E-state index contributed by atoms with van der Waals surface area (Å²) in [6.07, 6.45) is 25.0. The van der Waals surface area contributed by atoms with Gasteiger partial charge in [0.1, 0.15) is 0 Å². The van der Waals surface area contributed by atoms with E-state index in [4.69, 9.17) is 0 Å². The van der Waals surface area contributed by atoms with E-state index in [-0.39, 0.29) is 8.80 Å². The van der Waals surface area contributed by atoms with Crippen molar-refractivity contribution >= 4 is 8.80 Å². The SMILES string of the molecule is CCCCCCCCC=CC1([Si](C)C)C=CC=CC1. The van der Waals surface area contributed by atoms with Crippen molar-refractivity contribution in [1.29, 1.82) is 0 Å². The van der Waals surface area contributed by atoms with Crippen LogP contribution in [0.15, 0.2) is 36.5 Å². The van der Waals surface area contributed by atoms with E-state index >= 15 is 0 Å². The first-order valence-electron chi connectivity index (χ1n) is 8.04. The standard InChI is InChI=1S/C18H31Si/c1-4-5-6-7-8-9-10-12-15-18(19(2)3)16-13-11-14-17-18/h11-16H,4-10,17H2,1-3H3. The zero-order valence-electron chi connectivity index (χ0n) is 13.1. The van der Waals surface area contributed by atoms with E-state index < -0.39 is 0 Å². The number of hydrogen-bond donors (Lipinski definition) is 0. The molecule has 1 unspecified atom stereocenters. The molecule has 1 atom stereocenters. The van der Waals surface area contributed by atoms with Crippen LogP contribution in [-0.2, 0) is 0 Å². The van der Waals surface area contributed by atoms with Gasteiger partial charge in [0.05, 0.1) is 8.80 Å². The highest BCUT2D eigenvalue weighted by Crippen LogP contribution is 2.40. The van der Waals surface area contributed by atoms with Crippen LogP contribution in [0.5, 0.6) is 0 Å². The predicted molar refractivity (Wildman–Crippen MR) is 90.2 cm³/mol. The zero-order valence-corrected chi connectivity index (χ0v) is 14.1. The molecule has 1 heteroatoms. The second-order valence-corrected chi connectivity index (χ2v) is 8.92. The summed E-state index contributed by atoms with van der Waals surface area (Å²) >= 11 is 0. The summed E-state index contributed by atoms with van der Waals surface area (Å²) in [6, 6.07) is 0. The zero-order chi connectivity index (χ0) is 14.0. The summed E-state index contributed by atoms with van der Waals surface area (Å²) in [4.78, 5) is 0. The van der Waals surface area contributed by atoms with Crippen molar-refractivity contribution in [3.05, 3.63) is 36.5 Å². The lowest BCUT2D eigenvalue weighted by Gasteiger charge is -2.31. The van der Waals surface area contributed by atoms with Gasteiger partial charge in [-0.25, -0.2) is 0 Å². The van der Waals surface area contributed by atoms with Crippen LogP contribution in [0.2, 0.25) is 18.1 Å². The van der Waals surface area contributed by atoms with Gasteiger partial charge in [-0.3, -0.25) is 0 Å². The Morgan fingerprint density at radius 2 is 1.79 bits per heavy atom. The van der Waals surface area contributed by atoms with E-state index in [1.165, 1.54) is 51.4 Å². The van der Waals surface area contributed by atoms with Gasteiger partial charge in [0, 0.05) is 5.04 Å². The van der Waals surface area contributed by atoms with Gasteiger partial charge in [0.2, 0.25) is 0 Å². The minimum Gasteiger partial charge on any atom is -0.0880 e. The maximum atomic E-state index is 2.51. The Labute approximate surface area is 122 Å². The second-order valence-electron chi connectivity index (χ2n) is 5.99. The van der Waals surface area contributed by atoms with Crippen LogP contribution in [0.25, 0.3) is 0 Å². The van der Waals surface area contributed by atoms with Crippen LogP contribution in [0.4, 0.5) is 0 Å². The van der Waals surface area contributed by atoms with Crippen molar-refractivity contribution < 1.29 is 0 Å². The van der Waals surface area contributed by atoms with E-state index in [1.54, 1.807) is 0 Å². The molecule has 0 aliphatic heterocycles. The first-order valence-corrected chi connectivity index (χ1v) is 10.5. The van der Waals surface area contributed by atoms with Gasteiger partial charge in [-0.05, 0) is 19.3 Å². The summed E-state index contributed by atoms with van der Waals surface area (Å²) in [5, 5.41) is 0.377. The summed E-state index contributed by atoms with van der Waals surface area (Å²) in [5.74, 6) is 0. The third kappa shape index (κ3) is 5.95. The maximum Gasteiger partial charge on any atom is 0.0585 e. The molecular weight excluding hydrogens is 244 g/mol. The number of rotatable bonds is 9. The molecule has 19 heavy (non-hydrogen) atoms. The molecule has 0 saturated carbocycles. The summed E-state index contributed by atoms with van der Waals surface area (Å²) in [7, 11) is -0.324. The first-order chi connectivity index (χ1) is 9.21. The average molecular weight is 276 g/mol. The van der Waals surface area contributed by atoms with Gasteiger partial charge in [-0.15, -0.1) is 0 Å². The lowest BCUT2D eigenvalue weighted by Crippen LogP contribution is -2.23. The van der Waals surface area contributed by atoms with Crippen molar-refractivity contribution in [1.82, 2.24) is 0 Å². The molecule has 0 spiro atoms. The van der Waals surface area contributed by atoms with Crippen LogP contribution in [0, 0.1) is 0 Å². The molecule has 0 fully saturated rings. The highest BCUT2D eigenvalue weighted by molar-refractivity contribution is 6.61. The van der Waals surface area contributed by atoms with Crippen LogP contribution in [-0.4, -0.2) is 8.80 Å². The van der Waals surface area contributed by atoms with E-state index in [0.29, 0.717) is 5.04 Å². The van der Waals surface area contributed by atoms with Gasteiger partial charge >= 0.3 is 0 Å². The Kier molecular flexibility index (Phi) is 8.12. The Morgan fingerprint density at radius 3 is 2.42 bits per heavy atom. The molecule has 107 valence electrons. The Hall–Kier alpha value is -0.563. The van der Waals surface area contributed by atoms with E-state index in [2.05, 4.69) is 56.5 Å². The predicted octanol–water partition coefficient (Wildman–Crippen LogP) is 6.30. The topological polar surface area (TPSA) is 0 Å². The fourth-order valence-corrected chi connectivity index (χ4v) is 4.04. The summed E-state index contributed by atoms with van der Waals surface area (Å²) in [5.41, 5.74) is 0. The third-order valence-corrected chi connectivity index (χ3v) is 6.57. The van der Waals surface area contributed by atoms with E-state index in [0.717, 1.165) is 0 Å². The average Bonchev–Trinajstić information content (AvgIpc) is 2.42. The van der Waals surface area contributed by atoms with Gasteiger partial charge < -0.3 is 0 Å². The van der Waals surface area contributed by atoms with Crippen molar-refractivity contribution in [3.63, 3.8) is 0 Å². The maximum absolute atomic E-state index is 2.51. The monoisotopic (exact) mass is 275 g/mol. The fraction of sp³-hybridized carbons (Fsp3) is 0.667. The largest absolute Gasteiger partial charge is 0.0880 e. The summed E-state index contributed by atoms with van der Waals surface area (Å²) < 4.78 is 0. The molecule has 0 amide bonds. The van der Waals surface area contributed by atoms with Gasteiger partial charge in [-0.1, -0.05) is 88.6 Å². The number of hydrogen-bond acceptors (Lipinski definition) is 0. The number of unbranched alkanes of at least 4 members (excludes halogenated alkanes) is 6. The fourth-order valence-electron chi connectivity index (χ4n) is 2.63. The molecule has 1 aliphatic rings. The Morgan fingerprint density at radius 1 is 1.05 bits per heavy atom. The second kappa shape index (κ2) is 9.36. The lowest BCUT2D eigenvalue weighted by molar-refractivity contribution is 0.610. The summed E-state index contributed by atoms with van der Waals surface area (Å²) in [6.45, 7) is 7.15. The lowest BCUT2D eigenvalue weighted by atomic mass is 9.98. The van der Waals surface area contributed by atoms with Crippen LogP contribution in [0.3, 0.4) is 0 Å². The van der Waals surface area contributed by atoms with Gasteiger partial charge in [-0.2, -0.15) is 0 Å². The molecule has 0 bridgehead atoms. The molecule has 0 N–H and O–H groups in total. The third-order valence-electron chi connectivity index (χ3n) is 4.17. The molecule has 0 aromatic carbocycles. The van der Waals surface area contributed by atoms with Crippen molar-refractivity contribution in [2.24, 2.45) is 0 Å². The van der Waals surface area contributed by atoms with Crippen molar-refractivity contribution in [3.8, 4) is 0 Å². The van der Waals surface area contributed by atoms with Gasteiger partial charge in [0.15, 0.2) is 0 Å².